The highest BCUT2D eigenvalue weighted by Gasteiger charge is 2.34. The van der Waals surface area contributed by atoms with Crippen molar-refractivity contribution in [3.8, 4) is 17.2 Å². The highest BCUT2D eigenvalue weighted by Crippen LogP contribution is 2.32. The van der Waals surface area contributed by atoms with Gasteiger partial charge in [0.25, 0.3) is 0 Å². The minimum absolute atomic E-state index is 0.0566. The van der Waals surface area contributed by atoms with Crippen molar-refractivity contribution in [3.05, 3.63) is 53.6 Å². The summed E-state index contributed by atoms with van der Waals surface area (Å²) in [4.78, 5) is 12.2. The Bertz CT molecular complexity index is 982. The van der Waals surface area contributed by atoms with E-state index in [2.05, 4.69) is 11.7 Å². The average Bonchev–Trinajstić information content (AvgIpc) is 2.79. The van der Waals surface area contributed by atoms with Gasteiger partial charge in [-0.2, -0.15) is 0 Å². The molecule has 0 aromatic heterocycles. The molecule has 1 heterocycles. The van der Waals surface area contributed by atoms with Crippen LogP contribution in [-0.2, 0) is 9.47 Å². The van der Waals surface area contributed by atoms with Crippen molar-refractivity contribution in [2.45, 2.75) is 39.0 Å². The molecule has 1 saturated heterocycles. The fourth-order valence-electron chi connectivity index (χ4n) is 3.36. The van der Waals surface area contributed by atoms with Crippen LogP contribution < -0.4 is 14.2 Å². The molecule has 0 N–H and O–H groups in total. The number of ether oxygens (including phenoxy) is 5. The third-order valence-corrected chi connectivity index (χ3v) is 5.29. The van der Waals surface area contributed by atoms with E-state index in [1.807, 2.05) is 0 Å². The quantitative estimate of drug-likeness (QED) is 0.139. The molecule has 0 amide bonds. The smallest absolute Gasteiger partial charge is 0.494 e. The summed E-state index contributed by atoms with van der Waals surface area (Å²) in [6.07, 6.45) is -1.46. The summed E-state index contributed by atoms with van der Waals surface area (Å²) in [5.41, 5.74) is 0.220. The van der Waals surface area contributed by atoms with Crippen LogP contribution in [0.25, 0.3) is 0 Å². The van der Waals surface area contributed by atoms with Crippen LogP contribution >= 0.6 is 0 Å². The Hall–Kier alpha value is -2.92. The van der Waals surface area contributed by atoms with Crippen LogP contribution in [0.5, 0.6) is 17.2 Å². The summed E-state index contributed by atoms with van der Waals surface area (Å²) in [7, 11) is 0. The largest absolute Gasteiger partial charge is 0.573 e. The van der Waals surface area contributed by atoms with Gasteiger partial charge in [0.05, 0.1) is 32.0 Å². The molecular formula is C25H27F5O6. The number of alkyl halides is 3. The van der Waals surface area contributed by atoms with E-state index in [-0.39, 0.29) is 11.0 Å². The highest BCUT2D eigenvalue weighted by atomic mass is 19.4. The van der Waals surface area contributed by atoms with Gasteiger partial charge in [-0.1, -0.05) is 13.3 Å². The van der Waals surface area contributed by atoms with Crippen LogP contribution in [-0.4, -0.2) is 45.4 Å². The Kier molecular flexibility index (Phi) is 9.49. The van der Waals surface area contributed by atoms with Gasteiger partial charge in [0.1, 0.15) is 11.5 Å². The maximum Gasteiger partial charge on any atom is 0.573 e. The lowest BCUT2D eigenvalue weighted by Crippen LogP contribution is -2.43. The maximum atomic E-state index is 13.8. The summed E-state index contributed by atoms with van der Waals surface area (Å²) in [6, 6.07) is 6.73. The topological polar surface area (TPSA) is 63.2 Å². The molecule has 1 aliphatic heterocycles. The molecule has 2 aromatic rings. The third-order valence-electron chi connectivity index (χ3n) is 5.29. The number of carbonyl (C=O) groups is 1. The second kappa shape index (κ2) is 12.4. The first-order chi connectivity index (χ1) is 17.0. The number of hydrogen-bond donors (Lipinski definition) is 0. The molecule has 6 nitrogen and oxygen atoms in total. The lowest BCUT2D eigenvalue weighted by Gasteiger charge is -2.37. The Morgan fingerprint density at radius 2 is 1.56 bits per heavy atom. The van der Waals surface area contributed by atoms with E-state index < -0.39 is 35.5 Å². The lowest BCUT2D eigenvalue weighted by atomic mass is 9.90. The van der Waals surface area contributed by atoms with Gasteiger partial charge in [-0.3, -0.25) is 0 Å². The zero-order valence-corrected chi connectivity index (χ0v) is 19.7. The molecular weight excluding hydrogens is 491 g/mol. The van der Waals surface area contributed by atoms with Gasteiger partial charge in [-0.05, 0) is 43.5 Å². The molecule has 0 spiro atoms. The van der Waals surface area contributed by atoms with Gasteiger partial charge in [-0.25, -0.2) is 13.6 Å². The van der Waals surface area contributed by atoms with Gasteiger partial charge >= 0.3 is 12.3 Å². The van der Waals surface area contributed by atoms with Crippen molar-refractivity contribution in [1.29, 1.82) is 0 Å². The Morgan fingerprint density at radius 1 is 0.944 bits per heavy atom. The number of carbonyl (C=O) groups excluding carboxylic acids is 1. The van der Waals surface area contributed by atoms with Gasteiger partial charge < -0.3 is 23.7 Å². The number of esters is 1. The predicted molar refractivity (Wildman–Crippen MR) is 118 cm³/mol. The fourth-order valence-corrected chi connectivity index (χ4v) is 3.36. The minimum atomic E-state index is -5.28. The first-order valence-electron chi connectivity index (χ1n) is 11.4. The van der Waals surface area contributed by atoms with Crippen LogP contribution in [0.2, 0.25) is 0 Å². The summed E-state index contributed by atoms with van der Waals surface area (Å²) >= 11 is 0. The zero-order valence-electron chi connectivity index (χ0n) is 19.7. The van der Waals surface area contributed by atoms with Crippen molar-refractivity contribution >= 4 is 5.97 Å². The van der Waals surface area contributed by atoms with Crippen molar-refractivity contribution in [3.63, 3.8) is 0 Å². The molecule has 0 unspecified atom stereocenters. The van der Waals surface area contributed by atoms with Crippen molar-refractivity contribution in [1.82, 2.24) is 0 Å². The molecule has 0 aliphatic carbocycles. The van der Waals surface area contributed by atoms with Crippen LogP contribution in [0.3, 0.4) is 0 Å². The molecule has 36 heavy (non-hydrogen) atoms. The summed E-state index contributed by atoms with van der Waals surface area (Å²) in [6.45, 7) is 5.58. The molecule has 0 radical (unpaired) electrons. The summed E-state index contributed by atoms with van der Waals surface area (Å²) in [5.74, 6) is -6.00. The van der Waals surface area contributed by atoms with Crippen LogP contribution in [0.4, 0.5) is 22.0 Å². The Labute approximate surface area is 205 Å². The molecule has 0 saturated carbocycles. The van der Waals surface area contributed by atoms with Crippen LogP contribution in [0.1, 0.15) is 43.0 Å². The lowest BCUT2D eigenvalue weighted by molar-refractivity contribution is -0.276. The van der Waals surface area contributed by atoms with E-state index in [4.69, 9.17) is 18.9 Å². The monoisotopic (exact) mass is 518 g/mol. The molecule has 0 bridgehead atoms. The van der Waals surface area contributed by atoms with Gasteiger partial charge in [0.2, 0.25) is 5.75 Å². The molecule has 3 rings (SSSR count). The minimum Gasteiger partial charge on any atom is -0.494 e. The number of halogens is 5. The predicted octanol–water partition coefficient (Wildman–Crippen LogP) is 6.07. The SMILES string of the molecule is CC1(COCCCCCCOc2ccc(C(=O)Oc3cc(F)c(OC(F)(F)F)c(F)c3)cc2)COC1. The number of unbranched alkanes of at least 4 members (excludes halogenated alkanes) is 3. The van der Waals surface area contributed by atoms with E-state index in [1.54, 1.807) is 0 Å². The van der Waals surface area contributed by atoms with Crippen LogP contribution in [0.15, 0.2) is 36.4 Å². The van der Waals surface area contributed by atoms with Gasteiger partial charge in [0.15, 0.2) is 11.6 Å². The van der Waals surface area contributed by atoms with Crippen LogP contribution in [0, 0.1) is 17.0 Å². The van der Waals surface area contributed by atoms with E-state index in [0.29, 0.717) is 24.5 Å². The van der Waals surface area contributed by atoms with Crippen molar-refractivity contribution in [2.75, 3.05) is 33.0 Å². The molecule has 198 valence electrons. The standard InChI is InChI=1S/C25H27F5O6/c1-24(15-33-16-24)14-32-10-4-2-3-5-11-34-18-8-6-17(7-9-18)23(31)35-19-12-20(26)22(21(27)13-19)36-25(28,29)30/h6-9,12-13H,2-5,10-11,14-16H2,1H3. The second-order valence-corrected chi connectivity index (χ2v) is 8.80. The first kappa shape index (κ1) is 27.7. The third kappa shape index (κ3) is 8.63. The molecule has 2 aromatic carbocycles. The van der Waals surface area contributed by atoms with Gasteiger partial charge in [-0.15, -0.1) is 13.2 Å². The Morgan fingerprint density at radius 3 is 2.11 bits per heavy atom. The molecule has 1 aliphatic rings. The molecule has 1 fully saturated rings. The van der Waals surface area contributed by atoms with E-state index in [9.17, 15) is 26.7 Å². The summed E-state index contributed by atoms with van der Waals surface area (Å²) < 4.78 is 88.9. The van der Waals surface area contributed by atoms with Crippen molar-refractivity contribution < 1.29 is 50.4 Å². The van der Waals surface area contributed by atoms with Crippen molar-refractivity contribution in [2.24, 2.45) is 5.41 Å². The first-order valence-corrected chi connectivity index (χ1v) is 11.4. The molecule has 11 heteroatoms. The number of hydrogen-bond acceptors (Lipinski definition) is 6. The van der Waals surface area contributed by atoms with E-state index in [0.717, 1.165) is 52.1 Å². The zero-order chi connectivity index (χ0) is 26.2. The number of rotatable bonds is 13. The average molecular weight is 518 g/mol. The second-order valence-electron chi connectivity index (χ2n) is 8.80. The summed E-state index contributed by atoms with van der Waals surface area (Å²) in [5, 5.41) is 0. The normalized spacial score (nSPS) is 14.7. The highest BCUT2D eigenvalue weighted by molar-refractivity contribution is 5.91. The fraction of sp³-hybridized carbons (Fsp3) is 0.480. The van der Waals surface area contributed by atoms with E-state index >= 15 is 0 Å². The maximum absolute atomic E-state index is 13.8. The van der Waals surface area contributed by atoms with Gasteiger partial charge in [0, 0.05) is 24.2 Å². The Balaban J connectivity index is 1.35. The number of benzene rings is 2. The molecule has 0 atom stereocenters. The van der Waals surface area contributed by atoms with E-state index in [1.165, 1.54) is 24.3 Å².